The van der Waals surface area contributed by atoms with Crippen molar-refractivity contribution in [3.05, 3.63) is 29.7 Å². The molecule has 2 aliphatic carbocycles. The average Bonchev–Trinajstić information content (AvgIpc) is 3.56. The van der Waals surface area contributed by atoms with Crippen molar-refractivity contribution in [2.45, 2.75) is 88.8 Å². The summed E-state index contributed by atoms with van der Waals surface area (Å²) >= 11 is 0. The van der Waals surface area contributed by atoms with Gasteiger partial charge in [0.15, 0.2) is 23.0 Å². The van der Waals surface area contributed by atoms with E-state index in [-0.39, 0.29) is 41.8 Å². The second-order valence-corrected chi connectivity index (χ2v) is 11.7. The molecule has 3 atom stereocenters. The summed E-state index contributed by atoms with van der Waals surface area (Å²) in [4.78, 5) is 45.1. The number of nitrogens with two attached hydrogens (primary N) is 1. The van der Waals surface area contributed by atoms with Gasteiger partial charge in [-0.3, -0.25) is 4.79 Å². The Labute approximate surface area is 258 Å². The van der Waals surface area contributed by atoms with E-state index < -0.39 is 54.9 Å². The number of likely N-dealkylation sites (tertiary alicyclic amines) is 1. The molecular formula is C30H38F2N4O9. The first-order valence-corrected chi connectivity index (χ1v) is 15.0. The molecule has 0 unspecified atom stereocenters. The molecule has 15 heteroatoms. The van der Waals surface area contributed by atoms with Crippen LogP contribution < -0.4 is 20.5 Å². The van der Waals surface area contributed by atoms with Crippen LogP contribution in [0.1, 0.15) is 74.2 Å². The zero-order valence-electron chi connectivity index (χ0n) is 25.1. The number of esters is 1. The molecule has 0 spiro atoms. The largest absolute Gasteiger partial charge is 0.489 e. The van der Waals surface area contributed by atoms with Crippen molar-refractivity contribution in [2.75, 3.05) is 20.3 Å². The van der Waals surface area contributed by atoms with E-state index in [4.69, 9.17) is 24.4 Å². The lowest BCUT2D eigenvalue weighted by atomic mass is 9.95. The minimum Gasteiger partial charge on any atom is -0.489 e. The van der Waals surface area contributed by atoms with Crippen molar-refractivity contribution in [2.24, 2.45) is 11.7 Å². The maximum Gasteiger partial charge on any atom is 0.407 e. The molecular weight excluding hydrogens is 598 g/mol. The summed E-state index contributed by atoms with van der Waals surface area (Å²) in [6.07, 6.45) is 2.46. The number of hydrogen-bond acceptors (Lipinski definition) is 11. The number of halogens is 2. The molecule has 246 valence electrons. The van der Waals surface area contributed by atoms with Gasteiger partial charge in [0.05, 0.1) is 31.9 Å². The van der Waals surface area contributed by atoms with E-state index in [0.717, 1.165) is 12.8 Å². The van der Waals surface area contributed by atoms with Crippen LogP contribution in [0.4, 0.5) is 13.6 Å². The summed E-state index contributed by atoms with van der Waals surface area (Å²) in [6.45, 7) is -1.18. The molecule has 2 aromatic rings. The number of carbonyl (C=O) groups excluding carboxylic acids is 3. The number of methoxy groups -OCH3 is 1. The molecule has 2 heterocycles. The molecule has 2 saturated carbocycles. The molecule has 1 aromatic carbocycles. The van der Waals surface area contributed by atoms with Crippen molar-refractivity contribution in [1.82, 2.24) is 15.2 Å². The number of aliphatic hydroxyl groups is 1. The Hall–Kier alpha value is -3.98. The highest BCUT2D eigenvalue weighted by atomic mass is 19.3. The minimum absolute atomic E-state index is 0.0196. The number of aromatic nitrogens is 1. The standard InChI is InChI=1S/C30H38F2N4O9/c1-15(33)25-24(35-26(45-25)17-5-10-22(44-29(31)32)23(11-17)42-14-16-3-4-16)27(38)36-13-18(34-30(40)41-2)12-21(36)28(39)43-20-8-6-19(37)7-9-20/h5,10-11,15-16,18-21,29,37H,3-4,6-9,12-14,33H2,1-2H3,(H,34,40)/t15-,18+,19?,20?,21-/m0/s1. The number of nitrogens with one attached hydrogen (secondary N) is 1. The van der Waals surface area contributed by atoms with Gasteiger partial charge in [0.1, 0.15) is 12.1 Å². The second-order valence-electron chi connectivity index (χ2n) is 11.7. The number of benzene rings is 1. The molecule has 0 bridgehead atoms. The van der Waals surface area contributed by atoms with Crippen molar-refractivity contribution in [3.8, 4) is 23.0 Å². The Morgan fingerprint density at radius 1 is 1.16 bits per heavy atom. The van der Waals surface area contributed by atoms with Gasteiger partial charge in [-0.15, -0.1) is 0 Å². The molecule has 0 radical (unpaired) electrons. The summed E-state index contributed by atoms with van der Waals surface area (Å²) in [5, 5.41) is 12.4. The SMILES string of the molecule is COC(=O)N[C@@H]1C[C@@H](C(=O)OC2CCC(O)CC2)N(C(=O)c2nc(-c3ccc(OC(F)F)c(OCC4CC4)c3)oc2[C@H](C)N)C1. The Bertz CT molecular complexity index is 1380. The topological polar surface area (TPSA) is 176 Å². The van der Waals surface area contributed by atoms with Gasteiger partial charge in [-0.1, -0.05) is 0 Å². The van der Waals surface area contributed by atoms with E-state index in [1.165, 1.54) is 30.2 Å². The number of aliphatic hydroxyl groups excluding tert-OH is 1. The van der Waals surface area contributed by atoms with Crippen LogP contribution >= 0.6 is 0 Å². The molecule has 13 nitrogen and oxygen atoms in total. The quantitative estimate of drug-likeness (QED) is 0.308. The smallest absolute Gasteiger partial charge is 0.407 e. The summed E-state index contributed by atoms with van der Waals surface area (Å²) in [7, 11) is 1.21. The number of nitrogens with zero attached hydrogens (tertiary/aromatic N) is 2. The monoisotopic (exact) mass is 636 g/mol. The first kappa shape index (κ1) is 32.4. The van der Waals surface area contributed by atoms with E-state index in [1.54, 1.807) is 6.92 Å². The van der Waals surface area contributed by atoms with Crippen molar-refractivity contribution in [1.29, 1.82) is 0 Å². The van der Waals surface area contributed by atoms with Crippen LogP contribution in [0.15, 0.2) is 22.6 Å². The molecule has 1 saturated heterocycles. The van der Waals surface area contributed by atoms with E-state index in [9.17, 15) is 28.3 Å². The maximum absolute atomic E-state index is 14.0. The highest BCUT2D eigenvalue weighted by Crippen LogP contribution is 2.37. The zero-order valence-corrected chi connectivity index (χ0v) is 25.1. The highest BCUT2D eigenvalue weighted by Gasteiger charge is 2.44. The third kappa shape index (κ3) is 8.00. The predicted molar refractivity (Wildman–Crippen MR) is 153 cm³/mol. The molecule has 2 amide bonds. The average molecular weight is 637 g/mol. The van der Waals surface area contributed by atoms with E-state index in [1.807, 2.05) is 0 Å². The van der Waals surface area contributed by atoms with Gasteiger partial charge in [-0.2, -0.15) is 8.78 Å². The molecule has 3 aliphatic rings. The van der Waals surface area contributed by atoms with Crippen LogP contribution in [0.25, 0.3) is 11.5 Å². The second kappa shape index (κ2) is 14.0. The van der Waals surface area contributed by atoms with Gasteiger partial charge in [0, 0.05) is 18.5 Å². The Kier molecular flexibility index (Phi) is 10.1. The van der Waals surface area contributed by atoms with Crippen LogP contribution in [0, 0.1) is 5.92 Å². The number of carbonyl (C=O) groups is 3. The lowest BCUT2D eigenvalue weighted by Crippen LogP contribution is -2.44. The van der Waals surface area contributed by atoms with Gasteiger partial charge < -0.3 is 44.4 Å². The first-order chi connectivity index (χ1) is 21.5. The number of ether oxygens (including phenoxy) is 4. The highest BCUT2D eigenvalue weighted by molar-refractivity contribution is 5.97. The fraction of sp³-hybridized carbons (Fsp3) is 0.600. The number of rotatable bonds is 11. The summed E-state index contributed by atoms with van der Waals surface area (Å²) in [5.41, 5.74) is 6.34. The third-order valence-electron chi connectivity index (χ3n) is 8.12. The van der Waals surface area contributed by atoms with Crippen LogP contribution in [0.3, 0.4) is 0 Å². The number of amides is 2. The number of alkyl carbamates (subject to hydrolysis) is 1. The fourth-order valence-electron chi connectivity index (χ4n) is 5.51. The zero-order chi connectivity index (χ0) is 32.2. The molecule has 1 aromatic heterocycles. The molecule has 1 aliphatic heterocycles. The van der Waals surface area contributed by atoms with Gasteiger partial charge in [0.2, 0.25) is 5.89 Å². The fourth-order valence-corrected chi connectivity index (χ4v) is 5.51. The van der Waals surface area contributed by atoms with Crippen molar-refractivity contribution >= 4 is 18.0 Å². The molecule has 5 rings (SSSR count). The van der Waals surface area contributed by atoms with E-state index >= 15 is 0 Å². The Balaban J connectivity index is 1.41. The lowest BCUT2D eigenvalue weighted by molar-refractivity contribution is -0.156. The Morgan fingerprint density at radius 2 is 1.89 bits per heavy atom. The van der Waals surface area contributed by atoms with Gasteiger partial charge in [-0.25, -0.2) is 14.6 Å². The van der Waals surface area contributed by atoms with Crippen molar-refractivity contribution < 1.29 is 51.6 Å². The van der Waals surface area contributed by atoms with Crippen LogP contribution in [-0.4, -0.2) is 84.1 Å². The number of hydrogen-bond donors (Lipinski definition) is 3. The summed E-state index contributed by atoms with van der Waals surface area (Å²) < 4.78 is 52.8. The van der Waals surface area contributed by atoms with Crippen molar-refractivity contribution in [3.63, 3.8) is 0 Å². The maximum atomic E-state index is 14.0. The first-order valence-electron chi connectivity index (χ1n) is 15.0. The van der Waals surface area contributed by atoms with E-state index in [0.29, 0.717) is 43.8 Å². The van der Waals surface area contributed by atoms with Gasteiger partial charge in [-0.05, 0) is 69.6 Å². The number of alkyl halides is 2. The van der Waals surface area contributed by atoms with Gasteiger partial charge >= 0.3 is 18.7 Å². The lowest BCUT2D eigenvalue weighted by Gasteiger charge is -2.28. The predicted octanol–water partition coefficient (Wildman–Crippen LogP) is 3.54. The van der Waals surface area contributed by atoms with Crippen LogP contribution in [0.5, 0.6) is 11.5 Å². The molecule has 45 heavy (non-hydrogen) atoms. The molecule has 4 N–H and O–H groups in total. The summed E-state index contributed by atoms with van der Waals surface area (Å²) in [5.74, 6) is -1.03. The summed E-state index contributed by atoms with van der Waals surface area (Å²) in [6, 6.07) is 1.73. The minimum atomic E-state index is -3.06. The van der Waals surface area contributed by atoms with Crippen LogP contribution in [0.2, 0.25) is 0 Å². The van der Waals surface area contributed by atoms with E-state index in [2.05, 4.69) is 15.0 Å². The number of oxazole rings is 1. The van der Waals surface area contributed by atoms with Gasteiger partial charge in [0.25, 0.3) is 5.91 Å². The molecule has 3 fully saturated rings. The Morgan fingerprint density at radius 3 is 2.53 bits per heavy atom. The normalized spacial score (nSPS) is 23.8. The van der Waals surface area contributed by atoms with Crippen LogP contribution in [-0.2, 0) is 14.3 Å². The third-order valence-corrected chi connectivity index (χ3v) is 8.12.